The van der Waals surface area contributed by atoms with Gasteiger partial charge in [-0.2, -0.15) is 0 Å². The van der Waals surface area contributed by atoms with Crippen molar-refractivity contribution in [2.24, 2.45) is 29.1 Å². The van der Waals surface area contributed by atoms with E-state index in [1.807, 2.05) is 34.6 Å². The smallest absolute Gasteiger partial charge is 0.290 e. The Kier molecular flexibility index (Phi) is 9.65. The predicted octanol–water partition coefficient (Wildman–Crippen LogP) is 1.83. The molecule has 0 aromatic carbocycles. The zero-order valence-electron chi connectivity index (χ0n) is 29.1. The minimum Gasteiger partial charge on any atom is -0.347 e. The topological polar surface area (TPSA) is 180 Å². The Bertz CT molecular complexity index is 1550. The van der Waals surface area contributed by atoms with Crippen molar-refractivity contribution >= 4 is 35.3 Å². The second-order valence-electron chi connectivity index (χ2n) is 15.7. The van der Waals surface area contributed by atoms with Gasteiger partial charge in [-0.15, -0.1) is 0 Å². The number of carbonyl (C=O) groups excluding carboxylic acids is 6. The molecule has 1 unspecified atom stereocenters. The van der Waals surface area contributed by atoms with E-state index in [9.17, 15) is 28.8 Å². The molecule has 3 heterocycles. The highest BCUT2D eigenvalue weighted by molar-refractivity contribution is 6.39. The van der Waals surface area contributed by atoms with Crippen LogP contribution in [-0.2, 0) is 24.0 Å². The van der Waals surface area contributed by atoms with Gasteiger partial charge in [0.05, 0.1) is 6.20 Å². The average molecular weight is 676 g/mol. The summed E-state index contributed by atoms with van der Waals surface area (Å²) in [6, 6.07) is -3.97. The number of nitrogens with zero attached hydrogens (tertiary/aromatic N) is 3. The molecule has 4 N–H and O–H groups in total. The molecule has 2 saturated carbocycles. The van der Waals surface area contributed by atoms with Crippen molar-refractivity contribution in [3.05, 3.63) is 35.4 Å². The van der Waals surface area contributed by atoms with Crippen LogP contribution in [0.5, 0.6) is 0 Å². The van der Waals surface area contributed by atoms with Gasteiger partial charge in [0.1, 0.15) is 29.9 Å². The fraction of sp³-hybridized carbons (Fsp3) is 0.667. The second kappa shape index (κ2) is 13.6. The highest BCUT2D eigenvalue weighted by atomic mass is 16.2. The van der Waals surface area contributed by atoms with Gasteiger partial charge in [-0.05, 0) is 67.8 Å². The molecule has 8 atom stereocenters. The van der Waals surface area contributed by atoms with Gasteiger partial charge in [0.25, 0.3) is 11.8 Å². The number of rotatable bonds is 10. The number of Topliss-reactive ketones (excluding diaryl/α,β-unsaturated/α-hetero) is 1. The number of hydrogen-bond acceptors (Lipinski definition) is 8. The highest BCUT2D eigenvalue weighted by Gasteiger charge is 2.61. The molecule has 0 spiro atoms. The Morgan fingerprint density at radius 2 is 1.78 bits per heavy atom. The summed E-state index contributed by atoms with van der Waals surface area (Å²) in [7, 11) is 0. The summed E-state index contributed by atoms with van der Waals surface area (Å²) in [5.74, 6) is -3.28. The molecule has 49 heavy (non-hydrogen) atoms. The molecule has 5 amide bonds. The number of hydrogen-bond donors (Lipinski definition) is 4. The molecule has 13 nitrogen and oxygen atoms in total. The third-order valence-corrected chi connectivity index (χ3v) is 11.4. The van der Waals surface area contributed by atoms with Crippen molar-refractivity contribution < 1.29 is 28.8 Å². The minimum absolute atomic E-state index is 0.0394. The third kappa shape index (κ3) is 6.60. The van der Waals surface area contributed by atoms with E-state index in [4.69, 9.17) is 0 Å². The molecule has 1 saturated heterocycles. The molecular weight excluding hydrogens is 626 g/mol. The number of ketones is 1. The van der Waals surface area contributed by atoms with Crippen molar-refractivity contribution in [3.63, 3.8) is 0 Å². The first kappa shape index (κ1) is 34.7. The van der Waals surface area contributed by atoms with Crippen LogP contribution in [-0.4, -0.2) is 86.9 Å². The number of carbonyl (C=O) groups is 6. The Morgan fingerprint density at radius 1 is 1.04 bits per heavy atom. The molecule has 5 aliphatic rings. The molecule has 0 radical (unpaired) electrons. The molecule has 13 heteroatoms. The van der Waals surface area contributed by atoms with E-state index in [-0.39, 0.29) is 41.3 Å². The lowest BCUT2D eigenvalue weighted by molar-refractivity contribution is -0.145. The zero-order chi connectivity index (χ0) is 35.2. The van der Waals surface area contributed by atoms with E-state index in [2.05, 4.69) is 31.2 Å². The summed E-state index contributed by atoms with van der Waals surface area (Å²) >= 11 is 0. The van der Waals surface area contributed by atoms with E-state index in [0.29, 0.717) is 19.4 Å². The third-order valence-electron chi connectivity index (χ3n) is 11.4. The van der Waals surface area contributed by atoms with Gasteiger partial charge in [0.15, 0.2) is 0 Å². The Hall–Kier alpha value is -4.16. The summed E-state index contributed by atoms with van der Waals surface area (Å²) < 4.78 is 0. The summed E-state index contributed by atoms with van der Waals surface area (Å²) in [5.41, 5.74) is 1.20. The molecule has 3 fully saturated rings. The second-order valence-corrected chi connectivity index (χ2v) is 15.7. The molecular formula is C36H49N7O6. The average Bonchev–Trinajstić information content (AvgIpc) is 3.52. The number of amides is 5. The van der Waals surface area contributed by atoms with Crippen LogP contribution in [0, 0.1) is 29.1 Å². The van der Waals surface area contributed by atoms with E-state index in [0.717, 1.165) is 49.7 Å². The standard InChI is InChI=1S/C36H49N7O6/c1-6-18(2)39-34(48)29(44)27-22-15-20-14-21-17-43(28(33(47)41-27)25(21)24(20)22)35(49)30(36(3,4)5)42-32(46)26(19-10-8-7-9-11-19)40-31(45)23-16-37-12-13-38-23/h12-13,16,18-21,25-28,30H,6-11,14-15,17H2,1-5H3,(H,39,48)(H,40,45)(H,41,47)(H,42,46)/t18-,20?,21-,25+,26-,27-,28-,30+/m0/s1. The van der Waals surface area contributed by atoms with Crippen LogP contribution in [0.15, 0.2) is 29.7 Å². The quantitative estimate of drug-likeness (QED) is 0.214. The van der Waals surface area contributed by atoms with E-state index in [1.165, 1.54) is 18.6 Å². The summed E-state index contributed by atoms with van der Waals surface area (Å²) in [6.45, 7) is 9.68. The van der Waals surface area contributed by atoms with E-state index >= 15 is 0 Å². The molecule has 1 aromatic rings. The van der Waals surface area contributed by atoms with E-state index < -0.39 is 59.0 Å². The maximum atomic E-state index is 14.6. The Balaban J connectivity index is 1.24. The molecule has 264 valence electrons. The molecule has 6 rings (SSSR count). The van der Waals surface area contributed by atoms with Crippen LogP contribution in [0.1, 0.15) is 96.5 Å². The predicted molar refractivity (Wildman–Crippen MR) is 178 cm³/mol. The van der Waals surface area contributed by atoms with Gasteiger partial charge in [-0.25, -0.2) is 4.98 Å². The molecule has 2 aliphatic heterocycles. The van der Waals surface area contributed by atoms with Crippen molar-refractivity contribution in [1.29, 1.82) is 0 Å². The van der Waals surface area contributed by atoms with Gasteiger partial charge in [0, 0.05) is 30.9 Å². The maximum absolute atomic E-state index is 14.6. The highest BCUT2D eigenvalue weighted by Crippen LogP contribution is 2.59. The first-order valence-corrected chi connectivity index (χ1v) is 17.9. The number of likely N-dealkylation sites (tertiary alicyclic amines) is 1. The van der Waals surface area contributed by atoms with Crippen molar-refractivity contribution in [2.45, 2.75) is 116 Å². The molecule has 3 aliphatic carbocycles. The zero-order valence-corrected chi connectivity index (χ0v) is 29.1. The van der Waals surface area contributed by atoms with Crippen LogP contribution in [0.25, 0.3) is 0 Å². The summed E-state index contributed by atoms with van der Waals surface area (Å²) in [5, 5.41) is 11.5. The first-order chi connectivity index (χ1) is 23.3. The molecule has 0 bridgehead atoms. The lowest BCUT2D eigenvalue weighted by atomic mass is 9.72. The van der Waals surface area contributed by atoms with Gasteiger partial charge in [-0.1, -0.05) is 52.5 Å². The van der Waals surface area contributed by atoms with Crippen LogP contribution in [0.3, 0.4) is 0 Å². The van der Waals surface area contributed by atoms with Crippen LogP contribution in [0.2, 0.25) is 0 Å². The number of aromatic nitrogens is 2. The van der Waals surface area contributed by atoms with Crippen LogP contribution < -0.4 is 21.3 Å². The fourth-order valence-corrected chi connectivity index (χ4v) is 8.69. The van der Waals surface area contributed by atoms with Gasteiger partial charge < -0.3 is 26.2 Å². The van der Waals surface area contributed by atoms with Crippen molar-refractivity contribution in [2.75, 3.05) is 6.54 Å². The fourth-order valence-electron chi connectivity index (χ4n) is 8.69. The van der Waals surface area contributed by atoms with Gasteiger partial charge in [-0.3, -0.25) is 33.8 Å². The van der Waals surface area contributed by atoms with Crippen molar-refractivity contribution in [1.82, 2.24) is 36.1 Å². The Morgan fingerprint density at radius 3 is 2.43 bits per heavy atom. The van der Waals surface area contributed by atoms with Crippen LogP contribution >= 0.6 is 0 Å². The maximum Gasteiger partial charge on any atom is 0.290 e. The van der Waals surface area contributed by atoms with E-state index in [1.54, 1.807) is 4.90 Å². The van der Waals surface area contributed by atoms with Gasteiger partial charge in [0.2, 0.25) is 23.5 Å². The van der Waals surface area contributed by atoms with Crippen LogP contribution in [0.4, 0.5) is 0 Å². The largest absolute Gasteiger partial charge is 0.347 e. The first-order valence-electron chi connectivity index (χ1n) is 17.9. The lowest BCUT2D eigenvalue weighted by Crippen LogP contribution is -2.62. The summed E-state index contributed by atoms with van der Waals surface area (Å²) in [4.78, 5) is 91.8. The minimum atomic E-state index is -1.05. The lowest BCUT2D eigenvalue weighted by Gasteiger charge is -2.38. The SMILES string of the molecule is CC[C@H](C)NC(=O)C(=O)[C@H]1NC(=O)[C@@H]2[C@H]3C4=C1CC4C[C@H]3CN2C(=O)[C@@H](NC(=O)[C@@H](NC(=O)c1cnccn1)C1CCCCC1)C(C)(C)C. The monoisotopic (exact) mass is 675 g/mol. The normalized spacial score (nSPS) is 27.9. The molecule has 1 aromatic heterocycles. The van der Waals surface area contributed by atoms with Gasteiger partial charge >= 0.3 is 0 Å². The number of nitrogens with one attached hydrogen (secondary N) is 4. The Labute approximate surface area is 287 Å². The summed E-state index contributed by atoms with van der Waals surface area (Å²) in [6.07, 6.45) is 10.8. The van der Waals surface area contributed by atoms with Crippen molar-refractivity contribution in [3.8, 4) is 0 Å².